The molecule has 1 aromatic carbocycles. The average molecular weight is 325 g/mol. The molecule has 0 aliphatic heterocycles. The van der Waals surface area contributed by atoms with Crippen LogP contribution in [0.3, 0.4) is 0 Å². The van der Waals surface area contributed by atoms with Crippen molar-refractivity contribution in [3.8, 4) is 5.75 Å². The third kappa shape index (κ3) is 4.02. The topological polar surface area (TPSA) is 93.5 Å². The number of carbonyl (C=O) groups excluding carboxylic acids is 1. The van der Waals surface area contributed by atoms with Gasteiger partial charge in [0.1, 0.15) is 11.8 Å². The Hall–Kier alpha value is -2.97. The van der Waals surface area contributed by atoms with Crippen LogP contribution in [0.15, 0.2) is 36.5 Å². The molecule has 9 heteroatoms. The Bertz CT molecular complexity index is 718. The number of nitrogens with zero attached hydrogens (tertiary/aromatic N) is 2. The lowest BCUT2D eigenvalue weighted by atomic mass is 10.3. The summed E-state index contributed by atoms with van der Waals surface area (Å²) in [5.74, 6) is -1.96. The molecule has 1 heterocycles. The molecule has 2 aromatic rings. The van der Waals surface area contributed by atoms with Crippen molar-refractivity contribution in [3.63, 3.8) is 0 Å². The quantitative estimate of drug-likeness (QED) is 0.850. The van der Waals surface area contributed by atoms with Gasteiger partial charge >= 0.3 is 12.6 Å². The molecule has 0 radical (unpaired) electrons. The maximum absolute atomic E-state index is 12.3. The van der Waals surface area contributed by atoms with Gasteiger partial charge in [0.15, 0.2) is 5.69 Å². The van der Waals surface area contributed by atoms with Crippen molar-refractivity contribution in [1.29, 1.82) is 0 Å². The minimum atomic E-state index is -3.02. The van der Waals surface area contributed by atoms with E-state index in [0.717, 1.165) is 4.68 Å². The number of para-hydroxylation sites is 2. The van der Waals surface area contributed by atoms with E-state index in [1.807, 2.05) is 0 Å². The number of aromatic nitrogens is 2. The summed E-state index contributed by atoms with van der Waals surface area (Å²) in [4.78, 5) is 22.9. The number of benzene rings is 1. The molecule has 2 rings (SSSR count). The van der Waals surface area contributed by atoms with Crippen molar-refractivity contribution in [2.45, 2.75) is 19.6 Å². The van der Waals surface area contributed by atoms with Crippen LogP contribution in [0.25, 0.3) is 0 Å². The Kier molecular flexibility index (Phi) is 4.89. The highest BCUT2D eigenvalue weighted by Crippen LogP contribution is 2.25. The SMILES string of the molecule is CC(C(=O)O)n1ccc(C(=O)Nc2ccccc2OC(F)F)n1. The van der Waals surface area contributed by atoms with Crippen molar-refractivity contribution in [1.82, 2.24) is 9.78 Å². The van der Waals surface area contributed by atoms with Crippen molar-refractivity contribution in [2.24, 2.45) is 0 Å². The van der Waals surface area contributed by atoms with Crippen LogP contribution in [-0.4, -0.2) is 33.4 Å². The van der Waals surface area contributed by atoms with Crippen molar-refractivity contribution >= 4 is 17.6 Å². The van der Waals surface area contributed by atoms with Crippen LogP contribution in [0.4, 0.5) is 14.5 Å². The van der Waals surface area contributed by atoms with Crippen LogP contribution in [0.2, 0.25) is 0 Å². The Labute approximate surface area is 129 Å². The fraction of sp³-hybridized carbons (Fsp3) is 0.214. The van der Waals surface area contributed by atoms with Gasteiger partial charge in [-0.15, -0.1) is 0 Å². The second-order valence-electron chi connectivity index (χ2n) is 4.52. The zero-order valence-corrected chi connectivity index (χ0v) is 11.9. The van der Waals surface area contributed by atoms with Crippen molar-refractivity contribution in [3.05, 3.63) is 42.2 Å². The number of carboxylic acid groups (broad SMARTS) is 1. The Morgan fingerprint density at radius 3 is 2.65 bits per heavy atom. The Balaban J connectivity index is 2.15. The first-order valence-corrected chi connectivity index (χ1v) is 6.51. The number of hydrogen-bond donors (Lipinski definition) is 2. The Morgan fingerprint density at radius 2 is 2.00 bits per heavy atom. The first kappa shape index (κ1) is 16.4. The van der Waals surface area contributed by atoms with Crippen LogP contribution < -0.4 is 10.1 Å². The largest absolute Gasteiger partial charge is 0.480 e. The molecule has 1 aromatic heterocycles. The van der Waals surface area contributed by atoms with Gasteiger partial charge in [-0.1, -0.05) is 12.1 Å². The number of carboxylic acids is 1. The van der Waals surface area contributed by atoms with Gasteiger partial charge < -0.3 is 15.2 Å². The molecule has 1 atom stereocenters. The van der Waals surface area contributed by atoms with Gasteiger partial charge in [0.2, 0.25) is 0 Å². The van der Waals surface area contributed by atoms with Gasteiger partial charge in [-0.2, -0.15) is 13.9 Å². The first-order chi connectivity index (χ1) is 10.9. The van der Waals surface area contributed by atoms with Crippen LogP contribution in [-0.2, 0) is 4.79 Å². The molecule has 2 N–H and O–H groups in total. The van der Waals surface area contributed by atoms with Crippen molar-refractivity contribution < 1.29 is 28.2 Å². The van der Waals surface area contributed by atoms with E-state index in [4.69, 9.17) is 5.11 Å². The number of hydrogen-bond acceptors (Lipinski definition) is 4. The lowest BCUT2D eigenvalue weighted by Crippen LogP contribution is -2.18. The number of halogens is 2. The fourth-order valence-electron chi connectivity index (χ4n) is 1.74. The summed E-state index contributed by atoms with van der Waals surface area (Å²) in [7, 11) is 0. The second-order valence-corrected chi connectivity index (χ2v) is 4.52. The first-order valence-electron chi connectivity index (χ1n) is 6.51. The predicted molar refractivity (Wildman–Crippen MR) is 75.6 cm³/mol. The van der Waals surface area contributed by atoms with Crippen LogP contribution in [0.5, 0.6) is 5.75 Å². The summed E-state index contributed by atoms with van der Waals surface area (Å²) in [6, 6.07) is 6.09. The van der Waals surface area contributed by atoms with Gasteiger partial charge in [-0.3, -0.25) is 9.48 Å². The minimum Gasteiger partial charge on any atom is -0.480 e. The van der Waals surface area contributed by atoms with Gasteiger partial charge in [-0.05, 0) is 25.1 Å². The molecule has 0 aliphatic rings. The average Bonchev–Trinajstić information content (AvgIpc) is 2.97. The highest BCUT2D eigenvalue weighted by atomic mass is 19.3. The van der Waals surface area contributed by atoms with Gasteiger partial charge in [0.05, 0.1) is 5.69 Å². The molecule has 0 fully saturated rings. The lowest BCUT2D eigenvalue weighted by Gasteiger charge is -2.11. The molecule has 23 heavy (non-hydrogen) atoms. The summed E-state index contributed by atoms with van der Waals surface area (Å²) >= 11 is 0. The van der Waals surface area contributed by atoms with Crippen LogP contribution in [0.1, 0.15) is 23.5 Å². The van der Waals surface area contributed by atoms with Crippen LogP contribution >= 0.6 is 0 Å². The zero-order valence-electron chi connectivity index (χ0n) is 11.9. The molecule has 0 spiro atoms. The van der Waals surface area contributed by atoms with E-state index in [9.17, 15) is 18.4 Å². The smallest absolute Gasteiger partial charge is 0.387 e. The number of alkyl halides is 2. The number of ether oxygens (including phenoxy) is 1. The maximum Gasteiger partial charge on any atom is 0.387 e. The molecule has 0 saturated carbocycles. The number of nitrogens with one attached hydrogen (secondary N) is 1. The standard InChI is InChI=1S/C14H13F2N3O4/c1-8(13(21)22)19-7-6-10(18-19)12(20)17-9-4-2-3-5-11(9)23-14(15)16/h2-8,14H,1H3,(H,17,20)(H,21,22). The number of anilines is 1. The van der Waals surface area contributed by atoms with E-state index in [1.165, 1.54) is 37.4 Å². The monoisotopic (exact) mass is 325 g/mol. The molecule has 122 valence electrons. The highest BCUT2D eigenvalue weighted by Gasteiger charge is 2.18. The predicted octanol–water partition coefficient (Wildman–Crippen LogP) is 2.38. The van der Waals surface area contributed by atoms with Crippen LogP contribution in [0, 0.1) is 0 Å². The summed E-state index contributed by atoms with van der Waals surface area (Å²) < 4.78 is 30.1. The Morgan fingerprint density at radius 1 is 1.30 bits per heavy atom. The highest BCUT2D eigenvalue weighted by molar-refractivity contribution is 6.03. The molecule has 0 aliphatic carbocycles. The number of carbonyl (C=O) groups is 2. The third-order valence-electron chi connectivity index (χ3n) is 2.95. The molecular formula is C14H13F2N3O4. The molecule has 1 unspecified atom stereocenters. The van der Waals surface area contributed by atoms with Gasteiger partial charge in [-0.25, -0.2) is 4.79 Å². The van der Waals surface area contributed by atoms with E-state index in [1.54, 1.807) is 6.07 Å². The fourth-order valence-corrected chi connectivity index (χ4v) is 1.74. The van der Waals surface area contributed by atoms with Gasteiger partial charge in [0, 0.05) is 6.20 Å². The van der Waals surface area contributed by atoms with Gasteiger partial charge in [0.25, 0.3) is 5.91 Å². The summed E-state index contributed by atoms with van der Waals surface area (Å²) in [5.41, 5.74) is 0.00332. The van der Waals surface area contributed by atoms with E-state index >= 15 is 0 Å². The number of amides is 1. The zero-order chi connectivity index (χ0) is 17.0. The minimum absolute atomic E-state index is 0.0510. The number of aliphatic carboxylic acids is 1. The normalized spacial score (nSPS) is 12.0. The van der Waals surface area contributed by atoms with E-state index in [0.29, 0.717) is 0 Å². The van der Waals surface area contributed by atoms with E-state index in [-0.39, 0.29) is 17.1 Å². The summed E-state index contributed by atoms with van der Waals surface area (Å²) in [5, 5.41) is 15.1. The summed E-state index contributed by atoms with van der Waals surface area (Å²) in [6.07, 6.45) is 1.34. The molecule has 0 bridgehead atoms. The molecular weight excluding hydrogens is 312 g/mol. The molecule has 7 nitrogen and oxygen atoms in total. The summed E-state index contributed by atoms with van der Waals surface area (Å²) in [6.45, 7) is -1.62. The van der Waals surface area contributed by atoms with Crippen molar-refractivity contribution in [2.75, 3.05) is 5.32 Å². The van der Waals surface area contributed by atoms with E-state index in [2.05, 4.69) is 15.2 Å². The lowest BCUT2D eigenvalue weighted by molar-refractivity contribution is -0.140. The molecule has 0 saturated heterocycles. The van der Waals surface area contributed by atoms with E-state index < -0.39 is 24.5 Å². The number of rotatable bonds is 6. The second kappa shape index (κ2) is 6.86. The molecule has 1 amide bonds. The maximum atomic E-state index is 12.3. The third-order valence-corrected chi connectivity index (χ3v) is 2.95.